The van der Waals surface area contributed by atoms with Crippen molar-refractivity contribution in [3.05, 3.63) is 35.9 Å². The Morgan fingerprint density at radius 3 is 2.82 bits per heavy atom. The standard InChI is InChI=1S/C15H22N6O/c1-15(2,3)13-19-12(20-21-13)9-17-14(16)18-10-6-5-7-11(8-10)22-4/h5-8H,9H2,1-4H3,(H3,16,17,18)(H,19,20,21). The Bertz CT molecular complexity index is 656. The predicted molar refractivity (Wildman–Crippen MR) is 87.0 cm³/mol. The Kier molecular flexibility index (Phi) is 4.65. The SMILES string of the molecule is COc1cccc(NC(N)=NCc2nc(C(C)(C)C)n[nH]2)c1. The number of aromatic nitrogens is 3. The summed E-state index contributed by atoms with van der Waals surface area (Å²) in [5.74, 6) is 2.50. The molecular weight excluding hydrogens is 280 g/mol. The van der Waals surface area contributed by atoms with Crippen LogP contribution in [0.15, 0.2) is 29.3 Å². The van der Waals surface area contributed by atoms with E-state index in [0.717, 1.165) is 17.3 Å². The Balaban J connectivity index is 1.99. The quantitative estimate of drug-likeness (QED) is 0.592. The molecule has 0 amide bonds. The number of methoxy groups -OCH3 is 1. The van der Waals surface area contributed by atoms with Gasteiger partial charge in [-0.2, -0.15) is 5.10 Å². The molecular formula is C15H22N6O. The van der Waals surface area contributed by atoms with E-state index in [4.69, 9.17) is 10.5 Å². The number of ether oxygens (including phenoxy) is 1. The molecule has 22 heavy (non-hydrogen) atoms. The summed E-state index contributed by atoms with van der Waals surface area (Å²) in [7, 11) is 1.62. The normalized spacial score (nSPS) is 12.3. The number of nitrogens with two attached hydrogens (primary N) is 1. The van der Waals surface area contributed by atoms with Crippen LogP contribution in [0, 0.1) is 0 Å². The highest BCUT2D eigenvalue weighted by molar-refractivity contribution is 5.92. The van der Waals surface area contributed by atoms with Gasteiger partial charge >= 0.3 is 0 Å². The second-order valence-electron chi connectivity index (χ2n) is 5.91. The van der Waals surface area contributed by atoms with Crippen LogP contribution in [0.1, 0.15) is 32.4 Å². The van der Waals surface area contributed by atoms with Crippen LogP contribution in [-0.2, 0) is 12.0 Å². The van der Waals surface area contributed by atoms with Crippen molar-refractivity contribution in [1.82, 2.24) is 15.2 Å². The van der Waals surface area contributed by atoms with E-state index in [1.807, 2.05) is 24.3 Å². The van der Waals surface area contributed by atoms with E-state index in [1.165, 1.54) is 0 Å². The van der Waals surface area contributed by atoms with Crippen molar-refractivity contribution in [3.63, 3.8) is 0 Å². The highest BCUT2D eigenvalue weighted by Gasteiger charge is 2.19. The average molecular weight is 302 g/mol. The minimum Gasteiger partial charge on any atom is -0.497 e. The van der Waals surface area contributed by atoms with Gasteiger partial charge in [0.2, 0.25) is 0 Å². The van der Waals surface area contributed by atoms with E-state index in [1.54, 1.807) is 7.11 Å². The van der Waals surface area contributed by atoms with Crippen molar-refractivity contribution in [2.24, 2.45) is 10.7 Å². The molecule has 0 aliphatic carbocycles. The van der Waals surface area contributed by atoms with Crippen LogP contribution < -0.4 is 15.8 Å². The predicted octanol–water partition coefficient (Wildman–Crippen LogP) is 2.04. The minimum atomic E-state index is -0.0944. The fourth-order valence-corrected chi connectivity index (χ4v) is 1.75. The topological polar surface area (TPSA) is 101 Å². The van der Waals surface area contributed by atoms with Gasteiger partial charge in [-0.05, 0) is 12.1 Å². The monoisotopic (exact) mass is 302 g/mol. The zero-order valence-electron chi connectivity index (χ0n) is 13.3. The summed E-state index contributed by atoms with van der Waals surface area (Å²) in [6.45, 7) is 6.51. The molecule has 0 saturated carbocycles. The number of aromatic amines is 1. The molecule has 118 valence electrons. The molecule has 1 heterocycles. The van der Waals surface area contributed by atoms with Crippen LogP contribution >= 0.6 is 0 Å². The van der Waals surface area contributed by atoms with Gasteiger partial charge in [0, 0.05) is 17.2 Å². The smallest absolute Gasteiger partial charge is 0.193 e. The van der Waals surface area contributed by atoms with E-state index in [9.17, 15) is 0 Å². The van der Waals surface area contributed by atoms with E-state index in [-0.39, 0.29) is 5.41 Å². The maximum atomic E-state index is 5.87. The van der Waals surface area contributed by atoms with E-state index >= 15 is 0 Å². The molecule has 1 aromatic carbocycles. The van der Waals surface area contributed by atoms with Crippen LogP contribution in [0.3, 0.4) is 0 Å². The molecule has 4 N–H and O–H groups in total. The molecule has 0 unspecified atom stereocenters. The van der Waals surface area contributed by atoms with Gasteiger partial charge in [0.05, 0.1) is 7.11 Å². The molecule has 2 rings (SSSR count). The number of benzene rings is 1. The molecule has 0 atom stereocenters. The maximum absolute atomic E-state index is 5.87. The van der Waals surface area contributed by atoms with E-state index < -0.39 is 0 Å². The number of nitrogens with one attached hydrogen (secondary N) is 2. The molecule has 7 heteroatoms. The fraction of sp³-hybridized carbons (Fsp3) is 0.400. The summed E-state index contributed by atoms with van der Waals surface area (Å²) in [5, 5.41) is 10.1. The molecule has 0 radical (unpaired) electrons. The van der Waals surface area contributed by atoms with Crippen molar-refractivity contribution in [1.29, 1.82) is 0 Å². The molecule has 2 aromatic rings. The van der Waals surface area contributed by atoms with Crippen molar-refractivity contribution >= 4 is 11.6 Å². The van der Waals surface area contributed by atoms with Crippen molar-refractivity contribution < 1.29 is 4.74 Å². The number of aliphatic imine (C=N–C) groups is 1. The summed E-state index contributed by atoms with van der Waals surface area (Å²) < 4.78 is 5.16. The highest BCUT2D eigenvalue weighted by Crippen LogP contribution is 2.18. The number of hydrogen-bond donors (Lipinski definition) is 3. The molecule has 1 aromatic heterocycles. The van der Waals surface area contributed by atoms with Crippen molar-refractivity contribution in [2.45, 2.75) is 32.7 Å². The molecule has 0 aliphatic rings. The van der Waals surface area contributed by atoms with Gasteiger partial charge in [-0.25, -0.2) is 9.98 Å². The Labute approximate surface area is 130 Å². The molecule has 0 bridgehead atoms. The molecule has 7 nitrogen and oxygen atoms in total. The van der Waals surface area contributed by atoms with Crippen molar-refractivity contribution in [3.8, 4) is 5.75 Å². The van der Waals surface area contributed by atoms with Crippen LogP contribution in [0.5, 0.6) is 5.75 Å². The number of rotatable bonds is 4. The van der Waals surface area contributed by atoms with Gasteiger partial charge in [-0.15, -0.1) is 0 Å². The first-order valence-corrected chi connectivity index (χ1v) is 7.01. The number of guanidine groups is 1. The Morgan fingerprint density at radius 2 is 2.18 bits per heavy atom. The summed E-state index contributed by atoms with van der Waals surface area (Å²) >= 11 is 0. The summed E-state index contributed by atoms with van der Waals surface area (Å²) in [4.78, 5) is 8.66. The summed E-state index contributed by atoms with van der Waals surface area (Å²) in [6, 6.07) is 7.47. The summed E-state index contributed by atoms with van der Waals surface area (Å²) in [6.07, 6.45) is 0. The van der Waals surface area contributed by atoms with Crippen LogP contribution in [0.25, 0.3) is 0 Å². The first-order chi connectivity index (χ1) is 10.4. The number of hydrogen-bond acceptors (Lipinski definition) is 4. The van der Waals surface area contributed by atoms with Gasteiger partial charge in [-0.1, -0.05) is 26.8 Å². The number of H-pyrrole nitrogens is 1. The van der Waals surface area contributed by atoms with E-state index in [0.29, 0.717) is 18.3 Å². The van der Waals surface area contributed by atoms with Gasteiger partial charge in [0.25, 0.3) is 0 Å². The first-order valence-electron chi connectivity index (χ1n) is 7.01. The van der Waals surface area contributed by atoms with Gasteiger partial charge in [0.1, 0.15) is 18.1 Å². The zero-order chi connectivity index (χ0) is 16.2. The van der Waals surface area contributed by atoms with Crippen LogP contribution in [0.2, 0.25) is 0 Å². The third-order valence-electron chi connectivity index (χ3n) is 2.94. The highest BCUT2D eigenvalue weighted by atomic mass is 16.5. The molecule has 0 aliphatic heterocycles. The lowest BCUT2D eigenvalue weighted by molar-refractivity contribution is 0.415. The largest absolute Gasteiger partial charge is 0.497 e. The number of nitrogens with zero attached hydrogens (tertiary/aromatic N) is 3. The molecule has 0 saturated heterocycles. The lowest BCUT2D eigenvalue weighted by Crippen LogP contribution is -2.22. The summed E-state index contributed by atoms with van der Waals surface area (Å²) in [5.41, 5.74) is 6.59. The van der Waals surface area contributed by atoms with Crippen LogP contribution in [-0.4, -0.2) is 28.3 Å². The fourth-order valence-electron chi connectivity index (χ4n) is 1.75. The van der Waals surface area contributed by atoms with Gasteiger partial charge in [-0.3, -0.25) is 5.10 Å². The lowest BCUT2D eigenvalue weighted by Gasteiger charge is -2.11. The van der Waals surface area contributed by atoms with Gasteiger partial charge < -0.3 is 15.8 Å². The molecule has 0 fully saturated rings. The third kappa shape index (κ3) is 4.21. The lowest BCUT2D eigenvalue weighted by atomic mass is 9.96. The Hall–Kier alpha value is -2.57. The third-order valence-corrected chi connectivity index (χ3v) is 2.94. The average Bonchev–Trinajstić information content (AvgIpc) is 2.94. The van der Waals surface area contributed by atoms with Crippen molar-refractivity contribution in [2.75, 3.05) is 12.4 Å². The number of anilines is 1. The molecule has 0 spiro atoms. The first kappa shape index (κ1) is 15.8. The van der Waals surface area contributed by atoms with Gasteiger partial charge in [0.15, 0.2) is 11.8 Å². The zero-order valence-corrected chi connectivity index (χ0v) is 13.3. The maximum Gasteiger partial charge on any atom is 0.193 e. The Morgan fingerprint density at radius 1 is 1.41 bits per heavy atom. The minimum absolute atomic E-state index is 0.0944. The second-order valence-corrected chi connectivity index (χ2v) is 5.91. The second kappa shape index (κ2) is 6.46. The van der Waals surface area contributed by atoms with E-state index in [2.05, 4.69) is 46.3 Å². The van der Waals surface area contributed by atoms with Crippen LogP contribution in [0.4, 0.5) is 5.69 Å².